The number of ketones is 1. The third-order valence-corrected chi connectivity index (χ3v) is 10.4. The molecule has 0 radical (unpaired) electrons. The summed E-state index contributed by atoms with van der Waals surface area (Å²) in [5, 5.41) is 13.4. The Bertz CT molecular complexity index is 1290. The van der Waals surface area contributed by atoms with Gasteiger partial charge in [-0.05, 0) is 67.9 Å². The van der Waals surface area contributed by atoms with Gasteiger partial charge >= 0.3 is 0 Å². The minimum atomic E-state index is -1.72. The lowest BCUT2D eigenvalue weighted by molar-refractivity contribution is -0.301. The standard InChI is InChI=1S/C30H37ClN2O5/c1-8-9-18-25(31)32-14-33-26(18)37-23-15(2)12-29-16(3)10-20-21(27(20,4)5)19(22(29)34)11-17-13-36-28(6,7)38-24(17)30(23,29)35/h8,11-12,14,16,19-21,23-24,35H,1,9-10,13H2,2-7H3/t16-,19+,20-,21?,23+,24-,29+,30-/m1/s1. The van der Waals surface area contributed by atoms with E-state index in [0.29, 0.717) is 17.9 Å². The molecule has 4 aliphatic carbocycles. The van der Waals surface area contributed by atoms with E-state index in [-0.39, 0.29) is 46.6 Å². The van der Waals surface area contributed by atoms with Crippen molar-refractivity contribution in [2.75, 3.05) is 6.61 Å². The molecule has 204 valence electrons. The highest BCUT2D eigenvalue weighted by Crippen LogP contribution is 2.72. The van der Waals surface area contributed by atoms with E-state index < -0.39 is 29.0 Å². The Morgan fingerprint density at radius 3 is 2.74 bits per heavy atom. The summed E-state index contributed by atoms with van der Waals surface area (Å²) in [4.78, 5) is 23.3. The molecule has 1 spiro atoms. The van der Waals surface area contributed by atoms with Crippen LogP contribution in [0.4, 0.5) is 0 Å². The van der Waals surface area contributed by atoms with E-state index in [4.69, 9.17) is 25.8 Å². The number of halogens is 1. The second kappa shape index (κ2) is 8.23. The van der Waals surface area contributed by atoms with Crippen LogP contribution < -0.4 is 4.74 Å². The molecule has 0 aromatic carbocycles. The maximum absolute atomic E-state index is 14.8. The van der Waals surface area contributed by atoms with Crippen LogP contribution >= 0.6 is 11.6 Å². The van der Waals surface area contributed by atoms with Crippen molar-refractivity contribution in [2.45, 2.75) is 78.0 Å². The fourth-order valence-electron chi connectivity index (χ4n) is 8.20. The first-order chi connectivity index (χ1) is 17.8. The van der Waals surface area contributed by atoms with Gasteiger partial charge < -0.3 is 19.3 Å². The minimum Gasteiger partial charge on any atom is -0.466 e. The summed E-state index contributed by atoms with van der Waals surface area (Å²) in [5.41, 5.74) is -0.701. The second-order valence-corrected chi connectivity index (χ2v) is 13.3. The van der Waals surface area contributed by atoms with Crippen LogP contribution in [0.1, 0.15) is 53.5 Å². The normalized spacial score (nSPS) is 41.9. The predicted molar refractivity (Wildman–Crippen MR) is 143 cm³/mol. The molecule has 8 atom stereocenters. The zero-order valence-corrected chi connectivity index (χ0v) is 23.7. The molecule has 1 saturated heterocycles. The molecule has 2 saturated carbocycles. The molecule has 5 aliphatic rings. The van der Waals surface area contributed by atoms with E-state index in [9.17, 15) is 9.90 Å². The summed E-state index contributed by atoms with van der Waals surface area (Å²) in [6.07, 6.45) is 6.62. The number of fused-ring (bicyclic) bond motifs is 5. The SMILES string of the molecule is C=CCc1c(Cl)ncnc1O[C@H]1C(C)=C[C@]23C(=O)[C@@H](C=C4COC(C)(C)O[C@H]4[C@]12O)C1[C@@H](C[C@H]3C)C1(C)C. The molecular weight excluding hydrogens is 504 g/mol. The number of Topliss-reactive ketones (excluding diaryl/α,β-unsaturated/α-hetero) is 1. The second-order valence-electron chi connectivity index (χ2n) is 12.9. The molecule has 1 unspecified atom stereocenters. The van der Waals surface area contributed by atoms with Crippen molar-refractivity contribution >= 4 is 17.4 Å². The average Bonchev–Trinajstić information content (AvgIpc) is 3.33. The van der Waals surface area contributed by atoms with E-state index in [1.807, 2.05) is 26.8 Å². The molecular formula is C30H37ClN2O5. The van der Waals surface area contributed by atoms with Crippen LogP contribution in [0.5, 0.6) is 5.88 Å². The smallest absolute Gasteiger partial charge is 0.222 e. The van der Waals surface area contributed by atoms with Crippen LogP contribution in [0.25, 0.3) is 0 Å². The van der Waals surface area contributed by atoms with Crippen molar-refractivity contribution in [3.05, 3.63) is 53.0 Å². The number of hydrogen-bond acceptors (Lipinski definition) is 7. The molecule has 2 heterocycles. The topological polar surface area (TPSA) is 90.8 Å². The van der Waals surface area contributed by atoms with Gasteiger partial charge in [-0.15, -0.1) is 6.58 Å². The van der Waals surface area contributed by atoms with Crippen molar-refractivity contribution in [3.63, 3.8) is 0 Å². The first kappa shape index (κ1) is 26.2. The molecule has 2 bridgehead atoms. The Balaban J connectivity index is 1.55. The zero-order chi connectivity index (χ0) is 27.4. The van der Waals surface area contributed by atoms with Crippen LogP contribution in [0.3, 0.4) is 0 Å². The summed E-state index contributed by atoms with van der Waals surface area (Å²) in [6.45, 7) is 16.3. The van der Waals surface area contributed by atoms with Gasteiger partial charge in [0.2, 0.25) is 5.88 Å². The first-order valence-corrected chi connectivity index (χ1v) is 13.9. The van der Waals surface area contributed by atoms with Gasteiger partial charge in [-0.3, -0.25) is 4.79 Å². The van der Waals surface area contributed by atoms with Crippen LogP contribution in [0.2, 0.25) is 5.15 Å². The van der Waals surface area contributed by atoms with E-state index in [1.54, 1.807) is 6.08 Å². The van der Waals surface area contributed by atoms with Gasteiger partial charge in [0.25, 0.3) is 0 Å². The largest absolute Gasteiger partial charge is 0.466 e. The van der Waals surface area contributed by atoms with Crippen molar-refractivity contribution < 1.29 is 24.1 Å². The van der Waals surface area contributed by atoms with E-state index >= 15 is 0 Å². The molecule has 3 fully saturated rings. The number of ether oxygens (including phenoxy) is 3. The lowest BCUT2D eigenvalue weighted by atomic mass is 9.59. The number of aromatic nitrogens is 2. The summed E-state index contributed by atoms with van der Waals surface area (Å²) in [5.74, 6) is -0.474. The third-order valence-electron chi connectivity index (χ3n) is 10.1. The molecule has 38 heavy (non-hydrogen) atoms. The van der Waals surface area contributed by atoms with E-state index in [1.165, 1.54) is 6.33 Å². The Labute approximate surface area is 229 Å². The molecule has 1 aromatic heterocycles. The Morgan fingerprint density at radius 1 is 1.29 bits per heavy atom. The van der Waals surface area contributed by atoms with Crippen molar-refractivity contribution in [1.29, 1.82) is 0 Å². The Kier molecular flexibility index (Phi) is 5.67. The summed E-state index contributed by atoms with van der Waals surface area (Å²) >= 11 is 6.41. The molecule has 1 N–H and O–H groups in total. The van der Waals surface area contributed by atoms with E-state index in [2.05, 4.69) is 43.4 Å². The molecule has 0 amide bonds. The molecule has 8 heteroatoms. The zero-order valence-electron chi connectivity index (χ0n) is 23.0. The van der Waals surface area contributed by atoms with Gasteiger partial charge in [0.1, 0.15) is 17.6 Å². The Morgan fingerprint density at radius 2 is 2.03 bits per heavy atom. The van der Waals surface area contributed by atoms with Crippen LogP contribution in [-0.2, 0) is 20.7 Å². The fraction of sp³-hybridized carbons (Fsp3) is 0.633. The first-order valence-electron chi connectivity index (χ1n) is 13.5. The number of allylic oxidation sites excluding steroid dienone is 2. The summed E-state index contributed by atoms with van der Waals surface area (Å²) in [6, 6.07) is 0. The van der Waals surface area contributed by atoms with Crippen LogP contribution in [-0.4, -0.2) is 51.1 Å². The predicted octanol–water partition coefficient (Wildman–Crippen LogP) is 4.87. The lowest BCUT2D eigenvalue weighted by Gasteiger charge is -2.52. The number of rotatable bonds is 4. The fourth-order valence-corrected chi connectivity index (χ4v) is 8.41. The maximum Gasteiger partial charge on any atom is 0.222 e. The van der Waals surface area contributed by atoms with Crippen molar-refractivity contribution in [3.8, 4) is 5.88 Å². The number of carbonyl (C=O) groups is 1. The lowest BCUT2D eigenvalue weighted by Crippen LogP contribution is -2.68. The maximum atomic E-state index is 14.8. The summed E-state index contributed by atoms with van der Waals surface area (Å²) in [7, 11) is 0. The van der Waals surface area contributed by atoms with Gasteiger partial charge in [0.05, 0.1) is 17.6 Å². The van der Waals surface area contributed by atoms with Crippen LogP contribution in [0.15, 0.2) is 42.3 Å². The van der Waals surface area contributed by atoms with Gasteiger partial charge in [0, 0.05) is 5.92 Å². The van der Waals surface area contributed by atoms with Crippen molar-refractivity contribution in [1.82, 2.24) is 9.97 Å². The highest BCUT2D eigenvalue weighted by Gasteiger charge is 2.77. The highest BCUT2D eigenvalue weighted by molar-refractivity contribution is 6.30. The van der Waals surface area contributed by atoms with E-state index in [0.717, 1.165) is 17.6 Å². The van der Waals surface area contributed by atoms with Gasteiger partial charge in [0.15, 0.2) is 23.3 Å². The number of hydrogen-bond donors (Lipinski definition) is 1. The van der Waals surface area contributed by atoms with Crippen LogP contribution in [0, 0.1) is 34.5 Å². The highest BCUT2D eigenvalue weighted by atomic mass is 35.5. The molecule has 1 aliphatic heterocycles. The quantitative estimate of drug-likeness (QED) is 0.430. The Hall–Kier alpha value is -2.06. The molecule has 6 rings (SSSR count). The minimum absolute atomic E-state index is 0.0476. The molecule has 1 aromatic rings. The van der Waals surface area contributed by atoms with Gasteiger partial charge in [-0.1, -0.05) is 50.6 Å². The van der Waals surface area contributed by atoms with Gasteiger partial charge in [-0.25, -0.2) is 9.97 Å². The third kappa shape index (κ3) is 3.28. The summed E-state index contributed by atoms with van der Waals surface area (Å²) < 4.78 is 19.2. The number of carbonyl (C=O) groups excluding carboxylic acids is 1. The van der Waals surface area contributed by atoms with Gasteiger partial charge in [-0.2, -0.15) is 0 Å². The van der Waals surface area contributed by atoms with Crippen molar-refractivity contribution in [2.24, 2.45) is 34.5 Å². The average molecular weight is 541 g/mol. The monoisotopic (exact) mass is 540 g/mol. The number of nitrogens with zero attached hydrogens (tertiary/aromatic N) is 2. The number of aliphatic hydroxyl groups is 1. The molecule has 7 nitrogen and oxygen atoms in total.